The monoisotopic (exact) mass is 343 g/mol. The molecule has 2 aromatic rings. The lowest BCUT2D eigenvalue weighted by molar-refractivity contribution is 0.146. The van der Waals surface area contributed by atoms with Crippen LogP contribution in [0.3, 0.4) is 0 Å². The van der Waals surface area contributed by atoms with E-state index in [-0.39, 0.29) is 0 Å². The Balaban J connectivity index is 1.91. The predicted octanol–water partition coefficient (Wildman–Crippen LogP) is 4.75. The van der Waals surface area contributed by atoms with E-state index in [0.717, 1.165) is 35.8 Å². The predicted molar refractivity (Wildman–Crippen MR) is 103 cm³/mol. The van der Waals surface area contributed by atoms with Crippen LogP contribution < -0.4 is 14.8 Å². The molecule has 0 radical (unpaired) electrons. The number of hydrogen-bond donors (Lipinski definition) is 1. The van der Waals surface area contributed by atoms with Gasteiger partial charge in [-0.15, -0.1) is 0 Å². The second-order valence-corrected chi connectivity index (χ2v) is 6.36. The summed E-state index contributed by atoms with van der Waals surface area (Å²) in [5.41, 5.74) is 2.17. The minimum atomic E-state index is 0.548. The van der Waals surface area contributed by atoms with Crippen LogP contribution in [-0.4, -0.2) is 26.9 Å². The van der Waals surface area contributed by atoms with Crippen molar-refractivity contribution < 1.29 is 14.2 Å². The van der Waals surface area contributed by atoms with Gasteiger partial charge in [-0.2, -0.15) is 0 Å². The summed E-state index contributed by atoms with van der Waals surface area (Å²) in [4.78, 5) is 0. The van der Waals surface area contributed by atoms with E-state index in [1.807, 2.05) is 42.5 Å². The van der Waals surface area contributed by atoms with Gasteiger partial charge in [0.05, 0.1) is 13.2 Å². The van der Waals surface area contributed by atoms with Gasteiger partial charge >= 0.3 is 0 Å². The average Bonchev–Trinajstić information content (AvgIpc) is 2.61. The Bertz CT molecular complexity index is 628. The normalized spacial score (nSPS) is 10.7. The Kier molecular flexibility index (Phi) is 8.13. The SMILES string of the molecule is COCCOc1cccc(NCc2ccccc2OCCC(C)C)c1. The third-order valence-electron chi connectivity index (χ3n) is 3.80. The molecule has 0 unspecified atom stereocenters. The van der Waals surface area contributed by atoms with Crippen LogP contribution in [0.2, 0.25) is 0 Å². The molecule has 4 nitrogen and oxygen atoms in total. The highest BCUT2D eigenvalue weighted by molar-refractivity contribution is 5.49. The van der Waals surface area contributed by atoms with Crippen molar-refractivity contribution in [3.8, 4) is 11.5 Å². The van der Waals surface area contributed by atoms with Crippen LogP contribution in [0, 0.1) is 5.92 Å². The van der Waals surface area contributed by atoms with Crippen molar-refractivity contribution in [2.24, 2.45) is 5.92 Å². The van der Waals surface area contributed by atoms with Crippen molar-refractivity contribution in [2.45, 2.75) is 26.8 Å². The fraction of sp³-hybridized carbons (Fsp3) is 0.429. The Morgan fingerprint density at radius 3 is 2.56 bits per heavy atom. The second kappa shape index (κ2) is 10.6. The van der Waals surface area contributed by atoms with Gasteiger partial charge in [0, 0.05) is 31.0 Å². The number of benzene rings is 2. The highest BCUT2D eigenvalue weighted by Gasteiger charge is 2.04. The highest BCUT2D eigenvalue weighted by Crippen LogP contribution is 2.22. The first kappa shape index (κ1) is 19.1. The number of nitrogens with one attached hydrogen (secondary N) is 1. The van der Waals surface area contributed by atoms with Crippen molar-refractivity contribution in [1.29, 1.82) is 0 Å². The summed E-state index contributed by atoms with van der Waals surface area (Å²) in [6.07, 6.45) is 1.06. The molecule has 0 aromatic heterocycles. The standard InChI is InChI=1S/C21H29NO3/c1-17(2)11-12-25-21-10-5-4-7-18(21)16-22-19-8-6-9-20(15-19)24-14-13-23-3/h4-10,15,17,22H,11-14,16H2,1-3H3. The second-order valence-electron chi connectivity index (χ2n) is 6.36. The van der Waals surface area contributed by atoms with Gasteiger partial charge in [-0.3, -0.25) is 0 Å². The summed E-state index contributed by atoms with van der Waals surface area (Å²) in [6, 6.07) is 16.1. The number of ether oxygens (including phenoxy) is 3. The summed E-state index contributed by atoms with van der Waals surface area (Å²) in [5, 5.41) is 3.44. The molecule has 0 bridgehead atoms. The van der Waals surface area contributed by atoms with E-state index in [9.17, 15) is 0 Å². The molecule has 136 valence electrons. The average molecular weight is 343 g/mol. The maximum atomic E-state index is 5.95. The molecule has 2 aromatic carbocycles. The van der Waals surface area contributed by atoms with Crippen LogP contribution in [-0.2, 0) is 11.3 Å². The molecule has 1 N–H and O–H groups in total. The molecule has 0 aliphatic rings. The summed E-state index contributed by atoms with van der Waals surface area (Å²) < 4.78 is 16.6. The van der Waals surface area contributed by atoms with Crippen LogP contribution in [0.4, 0.5) is 5.69 Å². The number of para-hydroxylation sites is 1. The fourth-order valence-corrected chi connectivity index (χ4v) is 2.33. The van der Waals surface area contributed by atoms with E-state index in [0.29, 0.717) is 25.7 Å². The molecule has 0 amide bonds. The lowest BCUT2D eigenvalue weighted by Gasteiger charge is -2.14. The van der Waals surface area contributed by atoms with Crippen molar-refractivity contribution in [3.05, 3.63) is 54.1 Å². The number of anilines is 1. The van der Waals surface area contributed by atoms with Crippen molar-refractivity contribution in [3.63, 3.8) is 0 Å². The third kappa shape index (κ3) is 7.06. The Morgan fingerprint density at radius 1 is 0.920 bits per heavy atom. The minimum absolute atomic E-state index is 0.548. The van der Waals surface area contributed by atoms with Gasteiger partial charge < -0.3 is 19.5 Å². The van der Waals surface area contributed by atoms with Crippen molar-refractivity contribution >= 4 is 5.69 Å². The molecule has 0 aliphatic heterocycles. The minimum Gasteiger partial charge on any atom is -0.493 e. The van der Waals surface area contributed by atoms with Gasteiger partial charge in [0.2, 0.25) is 0 Å². The molecule has 25 heavy (non-hydrogen) atoms. The van der Waals surface area contributed by atoms with Crippen LogP contribution in [0.1, 0.15) is 25.8 Å². The summed E-state index contributed by atoms with van der Waals surface area (Å²) in [5.74, 6) is 2.43. The molecule has 0 saturated heterocycles. The summed E-state index contributed by atoms with van der Waals surface area (Å²) >= 11 is 0. The fourth-order valence-electron chi connectivity index (χ4n) is 2.33. The topological polar surface area (TPSA) is 39.7 Å². The Labute approximate surface area is 151 Å². The van der Waals surface area contributed by atoms with Crippen molar-refractivity contribution in [1.82, 2.24) is 0 Å². The van der Waals surface area contributed by atoms with Gasteiger partial charge in [0.25, 0.3) is 0 Å². The summed E-state index contributed by atoms with van der Waals surface area (Å²) in [6.45, 7) is 7.00. The van der Waals surface area contributed by atoms with E-state index in [2.05, 4.69) is 25.2 Å². The molecule has 4 heteroatoms. The van der Waals surface area contributed by atoms with E-state index in [1.54, 1.807) is 7.11 Å². The molecular weight excluding hydrogens is 314 g/mol. The van der Waals surface area contributed by atoms with Gasteiger partial charge in [0.15, 0.2) is 0 Å². The van der Waals surface area contributed by atoms with E-state index in [4.69, 9.17) is 14.2 Å². The smallest absolute Gasteiger partial charge is 0.124 e. The first-order chi connectivity index (χ1) is 12.2. The highest BCUT2D eigenvalue weighted by atomic mass is 16.5. The zero-order chi connectivity index (χ0) is 17.9. The van der Waals surface area contributed by atoms with Crippen LogP contribution in [0.25, 0.3) is 0 Å². The maximum Gasteiger partial charge on any atom is 0.124 e. The molecule has 0 fully saturated rings. The largest absolute Gasteiger partial charge is 0.493 e. The zero-order valence-electron chi connectivity index (χ0n) is 15.5. The molecule has 0 saturated carbocycles. The Morgan fingerprint density at radius 2 is 1.76 bits per heavy atom. The van der Waals surface area contributed by atoms with Crippen LogP contribution in [0.5, 0.6) is 11.5 Å². The van der Waals surface area contributed by atoms with E-state index < -0.39 is 0 Å². The van der Waals surface area contributed by atoms with Gasteiger partial charge in [-0.25, -0.2) is 0 Å². The number of methoxy groups -OCH3 is 1. The van der Waals surface area contributed by atoms with E-state index >= 15 is 0 Å². The number of rotatable bonds is 11. The molecular formula is C21H29NO3. The molecule has 2 rings (SSSR count). The lowest BCUT2D eigenvalue weighted by atomic mass is 10.1. The molecule has 0 aliphatic carbocycles. The van der Waals surface area contributed by atoms with Crippen LogP contribution >= 0.6 is 0 Å². The molecule has 0 heterocycles. The first-order valence-corrected chi connectivity index (χ1v) is 8.85. The molecule has 0 spiro atoms. The maximum absolute atomic E-state index is 5.95. The Hall–Kier alpha value is -2.20. The third-order valence-corrected chi connectivity index (χ3v) is 3.80. The zero-order valence-corrected chi connectivity index (χ0v) is 15.5. The summed E-state index contributed by atoms with van der Waals surface area (Å²) in [7, 11) is 1.67. The van der Waals surface area contributed by atoms with Crippen LogP contribution in [0.15, 0.2) is 48.5 Å². The van der Waals surface area contributed by atoms with Crippen molar-refractivity contribution in [2.75, 3.05) is 32.2 Å². The van der Waals surface area contributed by atoms with E-state index in [1.165, 1.54) is 0 Å². The van der Waals surface area contributed by atoms with Gasteiger partial charge in [-0.1, -0.05) is 38.1 Å². The lowest BCUT2D eigenvalue weighted by Crippen LogP contribution is -2.06. The quantitative estimate of drug-likeness (QED) is 0.598. The van der Waals surface area contributed by atoms with Gasteiger partial charge in [-0.05, 0) is 30.5 Å². The molecule has 0 atom stereocenters. The first-order valence-electron chi connectivity index (χ1n) is 8.85. The number of hydrogen-bond acceptors (Lipinski definition) is 4. The van der Waals surface area contributed by atoms with Gasteiger partial charge in [0.1, 0.15) is 18.1 Å².